The molecule has 26 heavy (non-hydrogen) atoms. The van der Waals surface area contributed by atoms with Gasteiger partial charge in [-0.05, 0) is 55.8 Å². The molecule has 0 bridgehead atoms. The van der Waals surface area contributed by atoms with Gasteiger partial charge in [0, 0.05) is 6.54 Å². The number of aliphatic hydroxyl groups is 1. The van der Waals surface area contributed by atoms with Crippen molar-refractivity contribution in [1.82, 2.24) is 4.90 Å². The standard InChI is InChI=1S/C20H29NO3S.ClH/c22-19(24-14-13-21-11-5-2-6-12-21)18(17-7-3-1-4-8-17)20(23)9-15-25-16-10-20;/h1,3-4,7-8,18,23H,2,5-6,9-16H2;1H. The van der Waals surface area contributed by atoms with E-state index in [2.05, 4.69) is 4.90 Å². The predicted molar refractivity (Wildman–Crippen MR) is 109 cm³/mol. The first kappa shape index (κ1) is 21.5. The van der Waals surface area contributed by atoms with Crippen LogP contribution in [0.5, 0.6) is 0 Å². The molecule has 2 aliphatic rings. The quantitative estimate of drug-likeness (QED) is 0.742. The number of esters is 1. The zero-order valence-electron chi connectivity index (χ0n) is 15.3. The summed E-state index contributed by atoms with van der Waals surface area (Å²) in [5.41, 5.74) is -0.130. The zero-order valence-corrected chi connectivity index (χ0v) is 16.9. The number of ether oxygens (including phenoxy) is 1. The van der Waals surface area contributed by atoms with Crippen LogP contribution in [0.25, 0.3) is 0 Å². The molecule has 0 amide bonds. The second-order valence-corrected chi connectivity index (χ2v) is 8.35. The molecule has 4 nitrogen and oxygen atoms in total. The number of carbonyl (C=O) groups excluding carboxylic acids is 1. The van der Waals surface area contributed by atoms with Crippen molar-refractivity contribution in [1.29, 1.82) is 0 Å². The minimum absolute atomic E-state index is 0. The summed E-state index contributed by atoms with van der Waals surface area (Å²) < 4.78 is 5.63. The number of piperidine rings is 1. The maximum atomic E-state index is 12.9. The van der Waals surface area contributed by atoms with Gasteiger partial charge in [0.15, 0.2) is 0 Å². The number of likely N-dealkylation sites (tertiary alicyclic amines) is 1. The number of rotatable bonds is 6. The van der Waals surface area contributed by atoms with Gasteiger partial charge in [-0.3, -0.25) is 9.69 Å². The van der Waals surface area contributed by atoms with E-state index in [0.717, 1.165) is 36.7 Å². The fourth-order valence-corrected chi connectivity index (χ4v) is 5.07. The fraction of sp³-hybridized carbons (Fsp3) is 0.650. The summed E-state index contributed by atoms with van der Waals surface area (Å²) in [4.78, 5) is 15.2. The van der Waals surface area contributed by atoms with Gasteiger partial charge in [0.25, 0.3) is 0 Å². The number of benzene rings is 1. The van der Waals surface area contributed by atoms with Crippen LogP contribution in [0.3, 0.4) is 0 Å². The third kappa shape index (κ3) is 5.62. The lowest BCUT2D eigenvalue weighted by Crippen LogP contribution is -2.44. The smallest absolute Gasteiger partial charge is 0.316 e. The Bertz CT molecular complexity index is 545. The van der Waals surface area contributed by atoms with Gasteiger partial charge in [0.05, 0.1) is 5.60 Å². The second-order valence-electron chi connectivity index (χ2n) is 7.13. The molecule has 3 rings (SSSR count). The van der Waals surface area contributed by atoms with Crippen molar-refractivity contribution in [3.63, 3.8) is 0 Å². The Morgan fingerprint density at radius 3 is 2.46 bits per heavy atom. The van der Waals surface area contributed by atoms with Crippen molar-refractivity contribution in [2.75, 3.05) is 37.7 Å². The van der Waals surface area contributed by atoms with Gasteiger partial charge >= 0.3 is 5.97 Å². The highest BCUT2D eigenvalue weighted by Crippen LogP contribution is 2.39. The molecular weight excluding hydrogens is 370 g/mol. The molecule has 2 fully saturated rings. The molecule has 1 aromatic carbocycles. The van der Waals surface area contributed by atoms with Crippen LogP contribution in [0.15, 0.2) is 30.3 Å². The van der Waals surface area contributed by atoms with Gasteiger partial charge < -0.3 is 9.84 Å². The summed E-state index contributed by atoms with van der Waals surface area (Å²) in [6.45, 7) is 3.40. The molecule has 146 valence electrons. The summed E-state index contributed by atoms with van der Waals surface area (Å²) >= 11 is 1.84. The largest absolute Gasteiger partial charge is 0.464 e. The molecule has 0 saturated carbocycles. The SMILES string of the molecule is Cl.O=C(OCCN1CCCCC1)C(c1ccccc1)C1(O)CCSCC1. The molecular formula is C20H30ClNO3S. The number of nitrogens with zero attached hydrogens (tertiary/aromatic N) is 1. The summed E-state index contributed by atoms with van der Waals surface area (Å²) in [7, 11) is 0. The minimum Gasteiger partial charge on any atom is -0.464 e. The first-order valence-corrected chi connectivity index (χ1v) is 10.6. The molecule has 1 N–H and O–H groups in total. The monoisotopic (exact) mass is 399 g/mol. The Morgan fingerprint density at radius 2 is 1.81 bits per heavy atom. The zero-order chi connectivity index (χ0) is 17.5. The van der Waals surface area contributed by atoms with Crippen molar-refractivity contribution in [3.05, 3.63) is 35.9 Å². The topological polar surface area (TPSA) is 49.8 Å². The van der Waals surface area contributed by atoms with E-state index in [0.29, 0.717) is 19.4 Å². The minimum atomic E-state index is -0.991. The van der Waals surface area contributed by atoms with Crippen LogP contribution in [0.2, 0.25) is 0 Å². The number of carbonyl (C=O) groups is 1. The maximum absolute atomic E-state index is 12.9. The van der Waals surface area contributed by atoms with Gasteiger partial charge in [0.1, 0.15) is 12.5 Å². The molecule has 0 radical (unpaired) electrons. The number of thioether (sulfide) groups is 1. The molecule has 2 saturated heterocycles. The van der Waals surface area contributed by atoms with E-state index < -0.39 is 11.5 Å². The Kier molecular flexibility index (Phi) is 8.74. The Morgan fingerprint density at radius 1 is 1.15 bits per heavy atom. The van der Waals surface area contributed by atoms with Crippen molar-refractivity contribution in [2.24, 2.45) is 0 Å². The first-order chi connectivity index (χ1) is 12.2. The normalized spacial score (nSPS) is 21.4. The average Bonchev–Trinajstić information content (AvgIpc) is 2.64. The lowest BCUT2D eigenvalue weighted by molar-refractivity contribution is -0.153. The first-order valence-electron chi connectivity index (χ1n) is 9.43. The van der Waals surface area contributed by atoms with E-state index in [1.807, 2.05) is 42.1 Å². The number of halogens is 1. The van der Waals surface area contributed by atoms with Crippen molar-refractivity contribution in [2.45, 2.75) is 43.6 Å². The molecule has 6 heteroatoms. The van der Waals surface area contributed by atoms with Crippen LogP contribution in [0.1, 0.15) is 43.6 Å². The van der Waals surface area contributed by atoms with Crippen LogP contribution < -0.4 is 0 Å². The lowest BCUT2D eigenvalue weighted by atomic mass is 9.78. The van der Waals surface area contributed by atoms with Gasteiger partial charge in [-0.2, -0.15) is 11.8 Å². The molecule has 1 aromatic rings. The number of hydrogen-bond acceptors (Lipinski definition) is 5. The van der Waals surface area contributed by atoms with Gasteiger partial charge in [0.2, 0.25) is 0 Å². The summed E-state index contributed by atoms with van der Waals surface area (Å²) in [6, 6.07) is 9.63. The summed E-state index contributed by atoms with van der Waals surface area (Å²) in [5.74, 6) is 0.912. The van der Waals surface area contributed by atoms with E-state index in [4.69, 9.17) is 4.74 Å². The third-order valence-electron chi connectivity index (χ3n) is 5.37. The Labute approximate surface area is 167 Å². The third-order valence-corrected chi connectivity index (χ3v) is 6.35. The van der Waals surface area contributed by atoms with Gasteiger partial charge in [-0.25, -0.2) is 0 Å². The molecule has 0 aromatic heterocycles. The van der Waals surface area contributed by atoms with E-state index in [-0.39, 0.29) is 18.4 Å². The Balaban J connectivity index is 0.00000243. The molecule has 2 aliphatic heterocycles. The fourth-order valence-electron chi connectivity index (χ4n) is 3.87. The van der Waals surface area contributed by atoms with Crippen LogP contribution >= 0.6 is 24.2 Å². The van der Waals surface area contributed by atoms with E-state index >= 15 is 0 Å². The van der Waals surface area contributed by atoms with Crippen LogP contribution in [-0.2, 0) is 9.53 Å². The Hall–Kier alpha value is -0.750. The highest BCUT2D eigenvalue weighted by atomic mass is 35.5. The highest BCUT2D eigenvalue weighted by molar-refractivity contribution is 7.99. The molecule has 0 spiro atoms. The van der Waals surface area contributed by atoms with Crippen LogP contribution in [-0.4, -0.2) is 59.3 Å². The van der Waals surface area contributed by atoms with Crippen LogP contribution in [0.4, 0.5) is 0 Å². The van der Waals surface area contributed by atoms with Gasteiger partial charge in [-0.15, -0.1) is 12.4 Å². The van der Waals surface area contributed by atoms with E-state index in [1.165, 1.54) is 19.3 Å². The lowest BCUT2D eigenvalue weighted by Gasteiger charge is -2.38. The van der Waals surface area contributed by atoms with Gasteiger partial charge in [-0.1, -0.05) is 36.8 Å². The average molecular weight is 400 g/mol. The highest BCUT2D eigenvalue weighted by Gasteiger charge is 2.44. The van der Waals surface area contributed by atoms with Crippen molar-refractivity contribution < 1.29 is 14.6 Å². The maximum Gasteiger partial charge on any atom is 0.316 e. The van der Waals surface area contributed by atoms with Crippen molar-refractivity contribution in [3.8, 4) is 0 Å². The van der Waals surface area contributed by atoms with Crippen molar-refractivity contribution >= 4 is 30.1 Å². The molecule has 1 atom stereocenters. The molecule has 0 aliphatic carbocycles. The molecule has 2 heterocycles. The number of hydrogen-bond donors (Lipinski definition) is 1. The second kappa shape index (κ2) is 10.5. The van der Waals surface area contributed by atoms with Crippen LogP contribution in [0, 0.1) is 0 Å². The van der Waals surface area contributed by atoms with E-state index in [9.17, 15) is 9.90 Å². The summed E-state index contributed by atoms with van der Waals surface area (Å²) in [5, 5.41) is 11.2. The van der Waals surface area contributed by atoms with E-state index in [1.54, 1.807) is 0 Å². The summed E-state index contributed by atoms with van der Waals surface area (Å²) in [6.07, 6.45) is 5.05. The predicted octanol–water partition coefficient (Wildman–Crippen LogP) is 3.48. The molecule has 1 unspecified atom stereocenters.